The number of amides is 1. The molecule has 7 nitrogen and oxygen atoms in total. The topological polar surface area (TPSA) is 100 Å². The summed E-state index contributed by atoms with van der Waals surface area (Å²) < 4.78 is 27.1. The van der Waals surface area contributed by atoms with Crippen molar-refractivity contribution in [2.45, 2.75) is 30.7 Å². The van der Waals surface area contributed by atoms with Crippen molar-refractivity contribution in [3.05, 3.63) is 79.8 Å². The number of halogens is 2. The quantitative estimate of drug-likeness (QED) is 0.494. The zero-order valence-electron chi connectivity index (χ0n) is 16.7. The molecule has 0 bridgehead atoms. The van der Waals surface area contributed by atoms with Gasteiger partial charge < -0.3 is 5.11 Å². The fraction of sp³-hybridized carbons (Fsp3) is 0.190. The predicted octanol–water partition coefficient (Wildman–Crippen LogP) is 5.13. The lowest BCUT2D eigenvalue weighted by Crippen LogP contribution is -2.31. The summed E-state index contributed by atoms with van der Waals surface area (Å²) >= 11 is 13.1. The monoisotopic (exact) mass is 509 g/mol. The van der Waals surface area contributed by atoms with Crippen LogP contribution in [0.5, 0.6) is 0 Å². The van der Waals surface area contributed by atoms with Gasteiger partial charge in [-0.05, 0) is 48.4 Å². The van der Waals surface area contributed by atoms with Crippen LogP contribution in [0.3, 0.4) is 0 Å². The number of anilines is 1. The van der Waals surface area contributed by atoms with Crippen LogP contribution < -0.4 is 4.90 Å². The predicted molar refractivity (Wildman–Crippen MR) is 124 cm³/mol. The number of hydrogen-bond donors (Lipinski definition) is 1. The number of rotatable bonds is 6. The van der Waals surface area contributed by atoms with Crippen molar-refractivity contribution in [1.29, 1.82) is 0 Å². The average Bonchev–Trinajstić information content (AvgIpc) is 3.32. The Balaban J connectivity index is 1.89. The maximum atomic E-state index is 13.5. The number of aliphatic hydroxyl groups is 1. The summed E-state index contributed by atoms with van der Waals surface area (Å²) in [6.45, 7) is 1.99. The number of carbonyl (C=O) groups is 1. The van der Waals surface area contributed by atoms with E-state index in [2.05, 4.69) is 10.2 Å². The van der Waals surface area contributed by atoms with E-state index in [1.54, 1.807) is 24.3 Å². The van der Waals surface area contributed by atoms with Gasteiger partial charge in [0.1, 0.15) is 16.0 Å². The van der Waals surface area contributed by atoms with Crippen LogP contribution in [0, 0.1) is 0 Å². The molecule has 0 radical (unpaired) electrons. The number of sulfone groups is 1. The van der Waals surface area contributed by atoms with Crippen molar-refractivity contribution in [3.63, 3.8) is 0 Å². The van der Waals surface area contributed by atoms with E-state index in [9.17, 15) is 18.3 Å². The molecular formula is C21H17Cl2N3O4S2. The lowest BCUT2D eigenvalue weighted by molar-refractivity contribution is -0.117. The van der Waals surface area contributed by atoms with Gasteiger partial charge in [-0.25, -0.2) is 8.42 Å². The Bertz CT molecular complexity index is 1300. The highest BCUT2D eigenvalue weighted by atomic mass is 35.5. The van der Waals surface area contributed by atoms with Gasteiger partial charge in [-0.2, -0.15) is 0 Å². The molecular weight excluding hydrogens is 493 g/mol. The first-order valence-electron chi connectivity index (χ1n) is 9.59. The minimum absolute atomic E-state index is 0.0963. The molecule has 166 valence electrons. The molecule has 1 aliphatic rings. The first-order valence-corrected chi connectivity index (χ1v) is 12.6. The molecule has 11 heteroatoms. The van der Waals surface area contributed by atoms with Crippen LogP contribution in [0.25, 0.3) is 0 Å². The summed E-state index contributed by atoms with van der Waals surface area (Å²) in [7, 11) is -4.26. The van der Waals surface area contributed by atoms with Crippen LogP contribution in [0.2, 0.25) is 10.0 Å². The van der Waals surface area contributed by atoms with Crippen molar-refractivity contribution in [2.24, 2.45) is 0 Å². The van der Waals surface area contributed by atoms with Gasteiger partial charge in [-0.3, -0.25) is 9.69 Å². The third-order valence-electron chi connectivity index (χ3n) is 4.89. The molecule has 3 aromatic rings. The van der Waals surface area contributed by atoms with Gasteiger partial charge in [0.2, 0.25) is 15.0 Å². The highest BCUT2D eigenvalue weighted by Crippen LogP contribution is 2.45. The van der Waals surface area contributed by atoms with Crippen LogP contribution in [-0.2, 0) is 21.1 Å². The largest absolute Gasteiger partial charge is 0.502 e. The summed E-state index contributed by atoms with van der Waals surface area (Å²) in [5.41, 5.74) is 0.451. The molecule has 0 fully saturated rings. The standard InChI is InChI=1S/C21H17Cl2N3O4S2/c1-2-3-16-24-25-21(31-16)26-17(12-4-6-13(22)7-5-12)19(18(27)20(26)28)32(29,30)15-10-8-14(23)9-11-15/h4-11,17,27H,2-3H2,1H3. The number of carbonyl (C=O) groups excluding carboxylic acids is 1. The minimum Gasteiger partial charge on any atom is -0.502 e. The van der Waals surface area contributed by atoms with E-state index in [0.717, 1.165) is 11.3 Å². The van der Waals surface area contributed by atoms with Gasteiger partial charge in [0.05, 0.1) is 4.90 Å². The first-order chi connectivity index (χ1) is 15.2. The molecule has 1 aliphatic heterocycles. The molecule has 1 N–H and O–H groups in total. The zero-order valence-corrected chi connectivity index (χ0v) is 19.8. The molecule has 0 saturated heterocycles. The summed E-state index contributed by atoms with van der Waals surface area (Å²) in [5.74, 6) is -1.72. The van der Waals surface area contributed by atoms with E-state index in [-0.39, 0.29) is 10.0 Å². The number of nitrogens with zero attached hydrogens (tertiary/aromatic N) is 3. The maximum absolute atomic E-state index is 13.5. The van der Waals surface area contributed by atoms with Gasteiger partial charge in [0.25, 0.3) is 5.91 Å². The number of aliphatic hydroxyl groups excluding tert-OH is 1. The smallest absolute Gasteiger partial charge is 0.296 e. The van der Waals surface area contributed by atoms with E-state index in [1.165, 1.54) is 35.6 Å². The van der Waals surface area contributed by atoms with Crippen molar-refractivity contribution in [3.8, 4) is 0 Å². The van der Waals surface area contributed by atoms with Crippen LogP contribution in [0.1, 0.15) is 30.0 Å². The molecule has 32 heavy (non-hydrogen) atoms. The Labute approximate surface area is 198 Å². The fourth-order valence-electron chi connectivity index (χ4n) is 3.40. The van der Waals surface area contributed by atoms with Gasteiger partial charge in [-0.1, -0.05) is 53.6 Å². The molecule has 0 saturated carbocycles. The maximum Gasteiger partial charge on any atom is 0.296 e. The molecule has 1 amide bonds. The number of hydrogen-bond acceptors (Lipinski definition) is 7. The summed E-state index contributed by atoms with van der Waals surface area (Å²) in [6, 6.07) is 10.8. The highest BCUT2D eigenvalue weighted by Gasteiger charge is 2.48. The summed E-state index contributed by atoms with van der Waals surface area (Å²) in [4.78, 5) is 13.7. The summed E-state index contributed by atoms with van der Waals surface area (Å²) in [5, 5.41) is 20.7. The molecule has 2 aromatic carbocycles. The Hall–Kier alpha value is -2.46. The lowest BCUT2D eigenvalue weighted by Gasteiger charge is -2.24. The number of aryl methyl sites for hydroxylation is 1. The zero-order chi connectivity index (χ0) is 23.0. The molecule has 2 heterocycles. The van der Waals surface area contributed by atoms with Crippen LogP contribution in [-0.4, -0.2) is 29.6 Å². The Morgan fingerprint density at radius 3 is 2.22 bits per heavy atom. The Morgan fingerprint density at radius 2 is 1.62 bits per heavy atom. The van der Waals surface area contributed by atoms with E-state index in [1.807, 2.05) is 6.92 Å². The molecule has 1 unspecified atom stereocenters. The van der Waals surface area contributed by atoms with Gasteiger partial charge in [0, 0.05) is 16.5 Å². The van der Waals surface area contributed by atoms with Gasteiger partial charge in [-0.15, -0.1) is 10.2 Å². The molecule has 1 aromatic heterocycles. The highest BCUT2D eigenvalue weighted by molar-refractivity contribution is 7.95. The van der Waals surface area contributed by atoms with Crippen molar-refractivity contribution >= 4 is 55.4 Å². The Morgan fingerprint density at radius 1 is 1.03 bits per heavy atom. The third kappa shape index (κ3) is 4.01. The third-order valence-corrected chi connectivity index (χ3v) is 8.26. The van der Waals surface area contributed by atoms with E-state index in [4.69, 9.17) is 23.2 Å². The van der Waals surface area contributed by atoms with Gasteiger partial charge in [0.15, 0.2) is 5.76 Å². The van der Waals surface area contributed by atoms with E-state index in [0.29, 0.717) is 27.0 Å². The van der Waals surface area contributed by atoms with Crippen LogP contribution in [0.15, 0.2) is 64.1 Å². The second kappa shape index (κ2) is 8.82. The number of benzene rings is 2. The lowest BCUT2D eigenvalue weighted by atomic mass is 10.1. The van der Waals surface area contributed by atoms with E-state index >= 15 is 0 Å². The second-order valence-electron chi connectivity index (χ2n) is 7.03. The molecule has 1 atom stereocenters. The molecule has 0 aliphatic carbocycles. The van der Waals surface area contributed by atoms with Gasteiger partial charge >= 0.3 is 0 Å². The summed E-state index contributed by atoms with van der Waals surface area (Å²) in [6.07, 6.45) is 1.50. The molecule has 0 spiro atoms. The van der Waals surface area contributed by atoms with Crippen molar-refractivity contribution < 1.29 is 18.3 Å². The van der Waals surface area contributed by atoms with Crippen molar-refractivity contribution in [1.82, 2.24) is 10.2 Å². The SMILES string of the molecule is CCCc1nnc(N2C(=O)C(O)=C(S(=O)(=O)c3ccc(Cl)cc3)C2c2ccc(Cl)cc2)s1. The minimum atomic E-state index is -4.26. The molecule has 4 rings (SSSR count). The Kier molecular flexibility index (Phi) is 6.26. The number of aromatic nitrogens is 2. The average molecular weight is 510 g/mol. The fourth-order valence-corrected chi connectivity index (χ4v) is 6.24. The normalized spacial score (nSPS) is 16.8. The van der Waals surface area contributed by atoms with Crippen LogP contribution in [0.4, 0.5) is 5.13 Å². The second-order valence-corrected chi connectivity index (χ2v) is 10.9. The van der Waals surface area contributed by atoms with Crippen LogP contribution >= 0.6 is 34.5 Å². The van der Waals surface area contributed by atoms with E-state index < -0.39 is 32.5 Å². The van der Waals surface area contributed by atoms with Crippen molar-refractivity contribution in [2.75, 3.05) is 4.90 Å². The first kappa shape index (κ1) is 22.7.